The van der Waals surface area contributed by atoms with Crippen LogP contribution in [0.1, 0.15) is 25.0 Å². The maximum absolute atomic E-state index is 10.6. The van der Waals surface area contributed by atoms with Crippen LogP contribution in [0.25, 0.3) is 11.0 Å². The maximum atomic E-state index is 10.6. The van der Waals surface area contributed by atoms with E-state index in [0.29, 0.717) is 0 Å². The molecule has 6 nitrogen and oxygen atoms in total. The second kappa shape index (κ2) is 8.93. The first-order chi connectivity index (χ1) is 13.0. The minimum absolute atomic E-state index is 0.150. The average molecular weight is 477 g/mol. The number of hydrogen-bond donors (Lipinski definition) is 2. The van der Waals surface area contributed by atoms with Gasteiger partial charge in [-0.1, -0.05) is 12.1 Å². The predicted octanol–water partition coefficient (Wildman–Crippen LogP) is 4.51. The minimum atomic E-state index is -5.08. The number of alkyl halides is 3. The van der Waals surface area contributed by atoms with Crippen LogP contribution in [-0.4, -0.2) is 31.0 Å². The molecule has 0 aliphatic heterocycles. The molecule has 2 aromatic heterocycles. The topological polar surface area (TPSA) is 88.0 Å². The van der Waals surface area contributed by atoms with Crippen LogP contribution in [0.5, 0.6) is 0 Å². The molecule has 0 atom stereocenters. The van der Waals surface area contributed by atoms with Crippen molar-refractivity contribution in [2.45, 2.75) is 32.1 Å². The molecule has 28 heavy (non-hydrogen) atoms. The number of carbonyl (C=O) groups is 1. The molecule has 3 rings (SSSR count). The van der Waals surface area contributed by atoms with Crippen molar-refractivity contribution in [2.24, 2.45) is 0 Å². The van der Waals surface area contributed by atoms with Gasteiger partial charge in [-0.25, -0.2) is 9.78 Å². The molecule has 11 heteroatoms. The van der Waals surface area contributed by atoms with Crippen molar-refractivity contribution >= 4 is 44.7 Å². The zero-order valence-electron chi connectivity index (χ0n) is 14.8. The number of nitrogens with zero attached hydrogens (tertiary/aromatic N) is 3. The molecule has 0 spiro atoms. The van der Waals surface area contributed by atoms with Gasteiger partial charge in [0, 0.05) is 18.3 Å². The number of carboxylic acids is 1. The van der Waals surface area contributed by atoms with Crippen molar-refractivity contribution in [3.8, 4) is 0 Å². The SMILES string of the molecule is CC(C)(NCc1ccc2nsnc2c1)c1ccc(Br)nc1.O=C(O)C(F)(F)F. The molecule has 0 fully saturated rings. The highest BCUT2D eigenvalue weighted by Gasteiger charge is 2.38. The molecule has 2 N–H and O–H groups in total. The summed E-state index contributed by atoms with van der Waals surface area (Å²) in [6, 6.07) is 10.2. The molecule has 0 radical (unpaired) electrons. The smallest absolute Gasteiger partial charge is 0.475 e. The molecule has 150 valence electrons. The fourth-order valence-electron chi connectivity index (χ4n) is 2.11. The first-order valence-corrected chi connectivity index (χ1v) is 9.40. The molecule has 2 heterocycles. The summed E-state index contributed by atoms with van der Waals surface area (Å²) >= 11 is 4.61. The zero-order chi connectivity index (χ0) is 20.9. The molecule has 0 saturated carbocycles. The van der Waals surface area contributed by atoms with E-state index in [9.17, 15) is 13.2 Å². The number of aromatic nitrogens is 3. The third-order valence-electron chi connectivity index (χ3n) is 3.74. The van der Waals surface area contributed by atoms with Crippen molar-refractivity contribution in [2.75, 3.05) is 0 Å². The van der Waals surface area contributed by atoms with Gasteiger partial charge in [-0.05, 0) is 59.1 Å². The molecule has 0 bridgehead atoms. The van der Waals surface area contributed by atoms with Crippen LogP contribution in [0.3, 0.4) is 0 Å². The lowest BCUT2D eigenvalue weighted by Gasteiger charge is -2.26. The third-order valence-corrected chi connectivity index (χ3v) is 4.77. The molecular weight excluding hydrogens is 461 g/mol. The van der Waals surface area contributed by atoms with Gasteiger partial charge in [0.05, 0.1) is 11.7 Å². The number of hydrogen-bond acceptors (Lipinski definition) is 6. The molecule has 0 amide bonds. The molecule has 0 aliphatic rings. The van der Waals surface area contributed by atoms with Crippen LogP contribution in [0, 0.1) is 0 Å². The Labute approximate surface area is 171 Å². The summed E-state index contributed by atoms with van der Waals surface area (Å²) in [6.45, 7) is 5.08. The first kappa shape index (κ1) is 22.2. The van der Waals surface area contributed by atoms with E-state index in [1.165, 1.54) is 17.3 Å². The van der Waals surface area contributed by atoms with Crippen LogP contribution in [0.4, 0.5) is 13.2 Å². The normalized spacial score (nSPS) is 11.8. The Morgan fingerprint density at radius 1 is 1.18 bits per heavy atom. The summed E-state index contributed by atoms with van der Waals surface area (Å²) in [5.41, 5.74) is 4.13. The van der Waals surface area contributed by atoms with Gasteiger partial charge < -0.3 is 10.4 Å². The van der Waals surface area contributed by atoms with Gasteiger partial charge in [-0.2, -0.15) is 21.9 Å². The summed E-state index contributed by atoms with van der Waals surface area (Å²) < 4.78 is 41.1. The Bertz CT molecular complexity index is 945. The van der Waals surface area contributed by atoms with Gasteiger partial charge in [0.1, 0.15) is 15.6 Å². The van der Waals surface area contributed by atoms with Gasteiger partial charge >= 0.3 is 12.1 Å². The number of nitrogens with one attached hydrogen (secondary N) is 1. The predicted molar refractivity (Wildman–Crippen MR) is 103 cm³/mol. The highest BCUT2D eigenvalue weighted by atomic mass is 79.9. The largest absolute Gasteiger partial charge is 0.490 e. The summed E-state index contributed by atoms with van der Waals surface area (Å²) in [4.78, 5) is 13.2. The fraction of sp³-hybridized carbons (Fsp3) is 0.294. The summed E-state index contributed by atoms with van der Waals surface area (Å²) in [7, 11) is 0. The van der Waals surface area contributed by atoms with Crippen molar-refractivity contribution in [3.63, 3.8) is 0 Å². The van der Waals surface area contributed by atoms with Crippen LogP contribution in [0.15, 0.2) is 41.1 Å². The molecule has 3 aromatic rings. The van der Waals surface area contributed by atoms with Crippen molar-refractivity contribution < 1.29 is 23.1 Å². The lowest BCUT2D eigenvalue weighted by atomic mass is 9.95. The number of benzene rings is 1. The van der Waals surface area contributed by atoms with Gasteiger partial charge in [0.2, 0.25) is 0 Å². The van der Waals surface area contributed by atoms with Crippen molar-refractivity contribution in [1.29, 1.82) is 0 Å². The van der Waals surface area contributed by atoms with E-state index in [4.69, 9.17) is 9.90 Å². The number of rotatable bonds is 4. The van der Waals surface area contributed by atoms with Crippen molar-refractivity contribution in [1.82, 2.24) is 19.0 Å². The second-order valence-electron chi connectivity index (χ2n) is 6.24. The maximum Gasteiger partial charge on any atom is 0.490 e. The van der Waals surface area contributed by atoms with Crippen LogP contribution >= 0.6 is 27.7 Å². The number of halogens is 4. The molecule has 0 saturated heterocycles. The van der Waals surface area contributed by atoms with Gasteiger partial charge in [-0.15, -0.1) is 0 Å². The van der Waals surface area contributed by atoms with Gasteiger partial charge in [0.25, 0.3) is 0 Å². The molecule has 1 aromatic carbocycles. The quantitative estimate of drug-likeness (QED) is 0.538. The van der Waals surface area contributed by atoms with E-state index in [1.54, 1.807) is 0 Å². The standard InChI is InChI=1S/C15H15BrN4S.C2HF3O2/c1-15(2,11-4-6-14(16)17-9-11)18-8-10-3-5-12-13(7-10)20-21-19-12;3-2(4,5)1(6)7/h3-7,9,18H,8H2,1-2H3;(H,6,7). The lowest BCUT2D eigenvalue weighted by molar-refractivity contribution is -0.192. The Kier molecular flexibility index (Phi) is 7.07. The highest BCUT2D eigenvalue weighted by molar-refractivity contribution is 9.10. The molecular formula is C17H16BrF3N4O2S. The monoisotopic (exact) mass is 476 g/mol. The summed E-state index contributed by atoms with van der Waals surface area (Å²) in [5, 5.41) is 10.7. The number of aliphatic carboxylic acids is 1. The van der Waals surface area contributed by atoms with Crippen molar-refractivity contribution in [3.05, 3.63) is 52.3 Å². The number of fused-ring (bicyclic) bond motifs is 1. The Hall–Kier alpha value is -2.11. The Balaban J connectivity index is 0.000000345. The van der Waals surface area contributed by atoms with E-state index in [-0.39, 0.29) is 5.54 Å². The Morgan fingerprint density at radius 2 is 1.82 bits per heavy atom. The zero-order valence-corrected chi connectivity index (χ0v) is 17.2. The van der Waals surface area contributed by atoms with E-state index >= 15 is 0 Å². The molecule has 0 aliphatic carbocycles. The van der Waals surface area contributed by atoms with E-state index in [2.05, 4.69) is 67.0 Å². The third kappa shape index (κ3) is 6.21. The van der Waals surface area contributed by atoms with Crippen LogP contribution in [-0.2, 0) is 16.9 Å². The number of carboxylic acid groups (broad SMARTS) is 1. The fourth-order valence-corrected chi connectivity index (χ4v) is 2.86. The molecule has 0 unspecified atom stereocenters. The highest BCUT2D eigenvalue weighted by Crippen LogP contribution is 2.22. The van der Waals surface area contributed by atoms with Gasteiger partial charge in [0.15, 0.2) is 0 Å². The minimum Gasteiger partial charge on any atom is -0.475 e. The first-order valence-electron chi connectivity index (χ1n) is 7.87. The van der Waals surface area contributed by atoms with Crippen LogP contribution < -0.4 is 5.32 Å². The van der Waals surface area contributed by atoms with E-state index in [1.807, 2.05) is 18.3 Å². The summed E-state index contributed by atoms with van der Waals surface area (Å²) in [5.74, 6) is -2.76. The van der Waals surface area contributed by atoms with Crippen LogP contribution in [0.2, 0.25) is 0 Å². The Morgan fingerprint density at radius 3 is 2.39 bits per heavy atom. The number of pyridine rings is 1. The van der Waals surface area contributed by atoms with E-state index in [0.717, 1.165) is 27.7 Å². The lowest BCUT2D eigenvalue weighted by Crippen LogP contribution is -2.36. The van der Waals surface area contributed by atoms with E-state index < -0.39 is 12.1 Å². The average Bonchev–Trinajstić information content (AvgIpc) is 3.08. The van der Waals surface area contributed by atoms with Gasteiger partial charge in [-0.3, -0.25) is 0 Å². The summed E-state index contributed by atoms with van der Waals surface area (Å²) in [6.07, 6.45) is -3.19. The second-order valence-corrected chi connectivity index (χ2v) is 7.58.